The lowest BCUT2D eigenvalue weighted by atomic mass is 9.39. The van der Waals surface area contributed by atoms with Crippen molar-refractivity contribution >= 4 is 5.97 Å². The molecule has 0 unspecified atom stereocenters. The van der Waals surface area contributed by atoms with E-state index in [0.29, 0.717) is 29.6 Å². The molecule has 0 spiro atoms. The Morgan fingerprint density at radius 3 is 2.34 bits per heavy atom. The Bertz CT molecular complexity index is 826. The second kappa shape index (κ2) is 7.09. The lowest BCUT2D eigenvalue weighted by Crippen LogP contribution is -2.60. The number of carboxylic acid groups (broad SMARTS) is 1. The van der Waals surface area contributed by atoms with Crippen molar-refractivity contribution in [3.63, 3.8) is 0 Å². The van der Waals surface area contributed by atoms with Gasteiger partial charge in [-0.05, 0) is 110 Å². The summed E-state index contributed by atoms with van der Waals surface area (Å²) in [4.78, 5) is 12.8. The zero-order valence-electron chi connectivity index (χ0n) is 21.3. The summed E-state index contributed by atoms with van der Waals surface area (Å²) in [6.07, 6.45) is 12.1. The first kappa shape index (κ1) is 22.9. The van der Waals surface area contributed by atoms with Gasteiger partial charge in [-0.3, -0.25) is 4.79 Å². The van der Waals surface area contributed by atoms with Crippen molar-refractivity contribution in [2.75, 3.05) is 0 Å². The van der Waals surface area contributed by atoms with E-state index in [0.717, 1.165) is 44.9 Å². The van der Waals surface area contributed by atoms with Crippen LogP contribution in [-0.2, 0) is 4.79 Å². The summed E-state index contributed by atoms with van der Waals surface area (Å²) >= 11 is 0. The third-order valence-electron chi connectivity index (χ3n) is 12.4. The molecule has 2 N–H and O–H groups in total. The number of aliphatic carboxylic acids is 1. The van der Waals surface area contributed by atoms with E-state index in [1.165, 1.54) is 18.4 Å². The molecule has 0 heterocycles. The Labute approximate surface area is 195 Å². The van der Waals surface area contributed by atoms with Gasteiger partial charge in [0.2, 0.25) is 0 Å². The van der Waals surface area contributed by atoms with E-state index in [4.69, 9.17) is 0 Å². The minimum absolute atomic E-state index is 0.0101. The number of aliphatic hydroxyl groups is 1. The standard InChI is InChI=1S/C29H46O3/c1-17(2)18-7-10-22-21-9-8-20-19(27(21,5)15-16-29(18,22)25(31)32)11-12-23-26(3,4)24(30)13-14-28(20,23)6/h9,17-20,22-24,30H,7-8,10-16H2,1-6H3,(H,31,32)/t18-,19+,20-,22+,23-,24+,27-,28+,29+/m0/s1. The van der Waals surface area contributed by atoms with Crippen LogP contribution in [0.1, 0.15) is 99.3 Å². The topological polar surface area (TPSA) is 57.5 Å². The van der Waals surface area contributed by atoms with Gasteiger partial charge in [0.25, 0.3) is 0 Å². The molecule has 0 aromatic carbocycles. The molecule has 9 atom stereocenters. The highest BCUT2D eigenvalue weighted by atomic mass is 16.4. The fourth-order valence-electron chi connectivity index (χ4n) is 10.7. The van der Waals surface area contributed by atoms with Crippen LogP contribution < -0.4 is 0 Å². The van der Waals surface area contributed by atoms with Crippen LogP contribution >= 0.6 is 0 Å². The third-order valence-corrected chi connectivity index (χ3v) is 12.4. The molecule has 3 heteroatoms. The largest absolute Gasteiger partial charge is 0.481 e. The average molecular weight is 443 g/mol. The summed E-state index contributed by atoms with van der Waals surface area (Å²) in [7, 11) is 0. The van der Waals surface area contributed by atoms with Gasteiger partial charge < -0.3 is 10.2 Å². The first-order valence-electron chi connectivity index (χ1n) is 13.5. The number of rotatable bonds is 2. The van der Waals surface area contributed by atoms with Crippen molar-refractivity contribution in [1.82, 2.24) is 0 Å². The molecular formula is C29H46O3. The van der Waals surface area contributed by atoms with E-state index in [-0.39, 0.29) is 28.3 Å². The van der Waals surface area contributed by atoms with Gasteiger partial charge in [0.15, 0.2) is 0 Å². The summed E-state index contributed by atoms with van der Waals surface area (Å²) < 4.78 is 0. The molecule has 0 bridgehead atoms. The molecule has 180 valence electrons. The summed E-state index contributed by atoms with van der Waals surface area (Å²) in [6.45, 7) is 14.1. The lowest BCUT2D eigenvalue weighted by molar-refractivity contribution is -0.174. The van der Waals surface area contributed by atoms with Crippen LogP contribution in [0.5, 0.6) is 0 Å². The summed E-state index contributed by atoms with van der Waals surface area (Å²) in [5, 5.41) is 21.4. The molecule has 0 aliphatic heterocycles. The van der Waals surface area contributed by atoms with Crippen LogP contribution in [0.2, 0.25) is 0 Å². The molecule has 5 aliphatic rings. The highest BCUT2D eigenvalue weighted by Crippen LogP contribution is 2.72. The van der Waals surface area contributed by atoms with Crippen molar-refractivity contribution in [1.29, 1.82) is 0 Å². The van der Waals surface area contributed by atoms with E-state index in [2.05, 4.69) is 47.6 Å². The summed E-state index contributed by atoms with van der Waals surface area (Å²) in [5.74, 6) is 2.37. The number of carbonyl (C=O) groups is 1. The van der Waals surface area contributed by atoms with Gasteiger partial charge in [-0.1, -0.05) is 53.2 Å². The van der Waals surface area contributed by atoms with Crippen LogP contribution in [0.15, 0.2) is 11.6 Å². The van der Waals surface area contributed by atoms with E-state index < -0.39 is 11.4 Å². The van der Waals surface area contributed by atoms with Crippen LogP contribution in [-0.4, -0.2) is 22.3 Å². The molecule has 4 saturated carbocycles. The Morgan fingerprint density at radius 2 is 1.69 bits per heavy atom. The predicted octanol–water partition coefficient (Wildman–Crippen LogP) is 6.70. The van der Waals surface area contributed by atoms with Crippen LogP contribution in [0.4, 0.5) is 0 Å². The van der Waals surface area contributed by atoms with E-state index >= 15 is 0 Å². The van der Waals surface area contributed by atoms with Crippen LogP contribution in [0.3, 0.4) is 0 Å². The Balaban J connectivity index is 1.54. The van der Waals surface area contributed by atoms with E-state index in [1.54, 1.807) is 0 Å². The van der Waals surface area contributed by atoms with Crippen molar-refractivity contribution in [3.8, 4) is 0 Å². The average Bonchev–Trinajstić information content (AvgIpc) is 3.12. The van der Waals surface area contributed by atoms with Gasteiger partial charge >= 0.3 is 5.97 Å². The van der Waals surface area contributed by atoms with Crippen molar-refractivity contribution in [2.24, 2.45) is 57.2 Å². The van der Waals surface area contributed by atoms with E-state index in [1.807, 2.05) is 0 Å². The number of hydrogen-bond donors (Lipinski definition) is 2. The number of allylic oxidation sites excluding steroid dienone is 2. The first-order chi connectivity index (χ1) is 14.9. The molecular weight excluding hydrogens is 396 g/mol. The quantitative estimate of drug-likeness (QED) is 0.468. The molecule has 0 radical (unpaired) electrons. The minimum atomic E-state index is -0.537. The summed E-state index contributed by atoms with van der Waals surface area (Å²) in [5.41, 5.74) is 1.43. The molecule has 0 amide bonds. The smallest absolute Gasteiger partial charge is 0.310 e. The highest BCUT2D eigenvalue weighted by Gasteiger charge is 2.67. The second-order valence-electron chi connectivity index (χ2n) is 13.9. The van der Waals surface area contributed by atoms with Gasteiger partial charge in [0.1, 0.15) is 0 Å². The van der Waals surface area contributed by atoms with Crippen molar-refractivity contribution in [2.45, 2.75) is 105 Å². The fraction of sp³-hybridized carbons (Fsp3) is 0.897. The molecule has 5 rings (SSSR count). The Kier molecular flexibility index (Phi) is 5.08. The molecule has 0 aromatic heterocycles. The number of carboxylic acids is 1. The third kappa shape index (κ3) is 2.67. The van der Waals surface area contributed by atoms with Crippen molar-refractivity contribution in [3.05, 3.63) is 11.6 Å². The van der Waals surface area contributed by atoms with Gasteiger partial charge in [-0.2, -0.15) is 0 Å². The summed E-state index contributed by atoms with van der Waals surface area (Å²) in [6, 6.07) is 0. The van der Waals surface area contributed by atoms with Gasteiger partial charge in [-0.25, -0.2) is 0 Å². The first-order valence-corrected chi connectivity index (χ1v) is 13.5. The van der Waals surface area contributed by atoms with E-state index in [9.17, 15) is 15.0 Å². The maximum atomic E-state index is 12.8. The minimum Gasteiger partial charge on any atom is -0.481 e. The van der Waals surface area contributed by atoms with Gasteiger partial charge in [0.05, 0.1) is 11.5 Å². The normalized spacial score (nSPS) is 51.8. The predicted molar refractivity (Wildman–Crippen MR) is 128 cm³/mol. The Hall–Kier alpha value is -0.830. The SMILES string of the molecule is CC(C)[C@@H]1CC[C@@H]2C3=CC[C@H]4[C@@H](CC[C@H]5C(C)(C)[C@H](O)CC[C@]45C)[C@]3(C)CC[C@]21C(=O)O. The number of hydrogen-bond acceptors (Lipinski definition) is 2. The molecule has 0 aromatic rings. The molecule has 4 fully saturated rings. The molecule has 0 saturated heterocycles. The fourth-order valence-corrected chi connectivity index (χ4v) is 10.7. The molecule has 3 nitrogen and oxygen atoms in total. The van der Waals surface area contributed by atoms with Crippen LogP contribution in [0.25, 0.3) is 0 Å². The second-order valence-corrected chi connectivity index (χ2v) is 13.9. The highest BCUT2D eigenvalue weighted by molar-refractivity contribution is 5.77. The lowest BCUT2D eigenvalue weighted by Gasteiger charge is -2.66. The van der Waals surface area contributed by atoms with Crippen molar-refractivity contribution < 1.29 is 15.0 Å². The monoisotopic (exact) mass is 442 g/mol. The zero-order valence-corrected chi connectivity index (χ0v) is 21.3. The maximum absolute atomic E-state index is 12.8. The molecule has 32 heavy (non-hydrogen) atoms. The zero-order chi connectivity index (χ0) is 23.3. The Morgan fingerprint density at radius 1 is 0.969 bits per heavy atom. The number of fused-ring (bicyclic) bond motifs is 7. The van der Waals surface area contributed by atoms with Crippen LogP contribution in [0, 0.1) is 57.2 Å². The number of aliphatic hydroxyl groups excluding tert-OH is 1. The molecule has 5 aliphatic carbocycles. The van der Waals surface area contributed by atoms with Gasteiger partial charge in [-0.15, -0.1) is 0 Å². The maximum Gasteiger partial charge on any atom is 0.310 e. The van der Waals surface area contributed by atoms with Gasteiger partial charge in [0, 0.05) is 0 Å².